The van der Waals surface area contributed by atoms with Crippen LogP contribution in [-0.4, -0.2) is 34.2 Å². The van der Waals surface area contributed by atoms with Crippen molar-refractivity contribution in [2.75, 3.05) is 13.2 Å². The van der Waals surface area contributed by atoms with E-state index >= 15 is 0 Å². The van der Waals surface area contributed by atoms with Gasteiger partial charge in [0.2, 0.25) is 23.5 Å². The first-order valence-electron chi connectivity index (χ1n) is 9.58. The maximum Gasteiger partial charge on any atom is 0.227 e. The second-order valence-corrected chi connectivity index (χ2v) is 6.18. The van der Waals surface area contributed by atoms with Crippen molar-refractivity contribution in [3.8, 4) is 23.0 Å². The normalized spacial score (nSPS) is 10.6. The molecule has 1 amide bonds. The highest BCUT2D eigenvalue weighted by Crippen LogP contribution is 2.20. The van der Waals surface area contributed by atoms with Gasteiger partial charge in [0.15, 0.2) is 0 Å². The van der Waals surface area contributed by atoms with E-state index < -0.39 is 0 Å². The first kappa shape index (κ1) is 20.3. The second-order valence-electron chi connectivity index (χ2n) is 6.18. The number of rotatable bonds is 10. The maximum absolute atomic E-state index is 12.1. The van der Waals surface area contributed by atoms with E-state index in [0.29, 0.717) is 43.8 Å². The van der Waals surface area contributed by atoms with Gasteiger partial charge >= 0.3 is 0 Å². The van der Waals surface area contributed by atoms with Crippen LogP contribution < -0.4 is 14.8 Å². The number of ether oxygens (including phenoxy) is 2. The molecule has 0 aliphatic rings. The molecule has 0 bridgehead atoms. The summed E-state index contributed by atoms with van der Waals surface area (Å²) in [5.41, 5.74) is 1.75. The van der Waals surface area contributed by atoms with Gasteiger partial charge in [-0.2, -0.15) is 4.98 Å². The molecule has 0 aliphatic heterocycles. The summed E-state index contributed by atoms with van der Waals surface area (Å²) < 4.78 is 16.0. The molecule has 0 aliphatic carbocycles. The first-order valence-corrected chi connectivity index (χ1v) is 9.58. The Bertz CT molecular complexity index is 924. The van der Waals surface area contributed by atoms with E-state index in [9.17, 15) is 4.79 Å². The molecule has 0 spiro atoms. The summed E-state index contributed by atoms with van der Waals surface area (Å²) in [4.78, 5) is 20.6. The predicted octanol–water partition coefficient (Wildman–Crippen LogP) is 3.18. The largest absolute Gasteiger partial charge is 0.494 e. The van der Waals surface area contributed by atoms with Crippen molar-refractivity contribution in [1.82, 2.24) is 20.4 Å². The number of nitrogens with one attached hydrogen (secondary N) is 1. The summed E-state index contributed by atoms with van der Waals surface area (Å²) in [5.74, 6) is 2.15. The van der Waals surface area contributed by atoms with Gasteiger partial charge in [0, 0.05) is 37.2 Å². The molecular weight excluding hydrogens is 372 g/mol. The average molecular weight is 396 g/mol. The minimum Gasteiger partial charge on any atom is -0.494 e. The summed E-state index contributed by atoms with van der Waals surface area (Å²) in [7, 11) is 0. The van der Waals surface area contributed by atoms with Crippen molar-refractivity contribution in [2.45, 2.75) is 33.2 Å². The van der Waals surface area contributed by atoms with Crippen LogP contribution in [0.4, 0.5) is 0 Å². The number of hydrogen-bond acceptors (Lipinski definition) is 7. The number of hydrogen-bond donors (Lipinski definition) is 1. The van der Waals surface area contributed by atoms with Gasteiger partial charge in [-0.1, -0.05) is 5.16 Å². The molecular formula is C21H24N4O4. The number of carbonyl (C=O) groups is 1. The second kappa shape index (κ2) is 10.2. The van der Waals surface area contributed by atoms with Gasteiger partial charge in [-0.3, -0.25) is 4.79 Å². The van der Waals surface area contributed by atoms with Crippen molar-refractivity contribution in [2.24, 2.45) is 0 Å². The molecule has 152 valence electrons. The minimum absolute atomic E-state index is 0.0967. The third-order valence-corrected chi connectivity index (χ3v) is 4.04. The van der Waals surface area contributed by atoms with Gasteiger partial charge in [0.05, 0.1) is 13.2 Å². The molecule has 0 saturated heterocycles. The molecule has 1 aromatic carbocycles. The molecule has 0 saturated carbocycles. The minimum atomic E-state index is -0.0967. The van der Waals surface area contributed by atoms with E-state index in [1.165, 1.54) is 0 Å². The number of benzene rings is 1. The summed E-state index contributed by atoms with van der Waals surface area (Å²) in [6.45, 7) is 5.40. The summed E-state index contributed by atoms with van der Waals surface area (Å²) in [6, 6.07) is 11.1. The van der Waals surface area contributed by atoms with Gasteiger partial charge in [-0.25, -0.2) is 4.98 Å². The zero-order valence-electron chi connectivity index (χ0n) is 16.6. The number of pyridine rings is 1. The van der Waals surface area contributed by atoms with Crippen LogP contribution in [0, 0.1) is 0 Å². The number of aryl methyl sites for hydroxylation is 1. The van der Waals surface area contributed by atoms with Crippen LogP contribution in [0.15, 0.2) is 47.1 Å². The fourth-order valence-electron chi connectivity index (χ4n) is 2.64. The third-order valence-electron chi connectivity index (χ3n) is 4.04. The van der Waals surface area contributed by atoms with E-state index in [-0.39, 0.29) is 12.3 Å². The Kier molecular flexibility index (Phi) is 7.16. The van der Waals surface area contributed by atoms with Crippen LogP contribution in [0.2, 0.25) is 0 Å². The zero-order chi connectivity index (χ0) is 20.5. The fourth-order valence-corrected chi connectivity index (χ4v) is 2.64. The Labute approximate surface area is 169 Å². The molecule has 0 radical (unpaired) electrons. The standard InChI is InChI=1S/C21H24N4O4/c1-3-27-17-7-5-16(6-8-17)21-24-19(29-25-21)10-9-18(26)23-14-15-11-12-22-20(13-15)28-4-2/h5-8,11-13H,3-4,9-10,14H2,1-2H3,(H,23,26). The smallest absolute Gasteiger partial charge is 0.227 e. The van der Waals surface area contributed by atoms with E-state index in [2.05, 4.69) is 20.4 Å². The summed E-state index contributed by atoms with van der Waals surface area (Å²) in [6.07, 6.45) is 2.29. The van der Waals surface area contributed by atoms with Gasteiger partial charge in [0.25, 0.3) is 0 Å². The van der Waals surface area contributed by atoms with Crippen LogP contribution in [0.1, 0.15) is 31.7 Å². The highest BCUT2D eigenvalue weighted by molar-refractivity contribution is 5.76. The van der Waals surface area contributed by atoms with Gasteiger partial charge in [-0.15, -0.1) is 0 Å². The van der Waals surface area contributed by atoms with Crippen molar-refractivity contribution in [3.63, 3.8) is 0 Å². The topological polar surface area (TPSA) is 99.4 Å². The highest BCUT2D eigenvalue weighted by atomic mass is 16.5. The van der Waals surface area contributed by atoms with Crippen LogP contribution in [0.5, 0.6) is 11.6 Å². The number of carbonyl (C=O) groups excluding carboxylic acids is 1. The van der Waals surface area contributed by atoms with Gasteiger partial charge in [0.1, 0.15) is 5.75 Å². The van der Waals surface area contributed by atoms with Gasteiger partial charge < -0.3 is 19.3 Å². The van der Waals surface area contributed by atoms with Crippen LogP contribution in [0.3, 0.4) is 0 Å². The van der Waals surface area contributed by atoms with E-state index in [4.69, 9.17) is 14.0 Å². The lowest BCUT2D eigenvalue weighted by Gasteiger charge is -2.06. The molecule has 1 N–H and O–H groups in total. The molecule has 29 heavy (non-hydrogen) atoms. The quantitative estimate of drug-likeness (QED) is 0.562. The van der Waals surface area contributed by atoms with E-state index in [0.717, 1.165) is 16.9 Å². The Morgan fingerprint density at radius 3 is 2.66 bits per heavy atom. The molecule has 0 fully saturated rings. The SMILES string of the molecule is CCOc1ccc(-c2noc(CCC(=O)NCc3ccnc(OCC)c3)n2)cc1. The zero-order valence-corrected chi connectivity index (χ0v) is 16.6. The van der Waals surface area contributed by atoms with Crippen LogP contribution in [0.25, 0.3) is 11.4 Å². The number of amides is 1. The molecule has 8 heteroatoms. The number of aromatic nitrogens is 3. The molecule has 3 aromatic rings. The lowest BCUT2D eigenvalue weighted by molar-refractivity contribution is -0.121. The molecule has 0 unspecified atom stereocenters. The molecule has 3 rings (SSSR count). The number of nitrogens with zero attached hydrogens (tertiary/aromatic N) is 3. The summed E-state index contributed by atoms with van der Waals surface area (Å²) in [5, 5.41) is 6.85. The first-order chi connectivity index (χ1) is 14.2. The summed E-state index contributed by atoms with van der Waals surface area (Å²) >= 11 is 0. The Balaban J connectivity index is 1.47. The van der Waals surface area contributed by atoms with Crippen molar-refractivity contribution >= 4 is 5.91 Å². The van der Waals surface area contributed by atoms with E-state index in [1.807, 2.05) is 50.2 Å². The van der Waals surface area contributed by atoms with Crippen molar-refractivity contribution in [1.29, 1.82) is 0 Å². The van der Waals surface area contributed by atoms with Crippen LogP contribution in [-0.2, 0) is 17.8 Å². The fraction of sp³-hybridized carbons (Fsp3) is 0.333. The molecule has 8 nitrogen and oxygen atoms in total. The van der Waals surface area contributed by atoms with Crippen molar-refractivity contribution < 1.29 is 18.8 Å². The monoisotopic (exact) mass is 396 g/mol. The lowest BCUT2D eigenvalue weighted by atomic mass is 10.2. The average Bonchev–Trinajstić information content (AvgIpc) is 3.21. The Morgan fingerprint density at radius 2 is 1.90 bits per heavy atom. The lowest BCUT2D eigenvalue weighted by Crippen LogP contribution is -2.23. The maximum atomic E-state index is 12.1. The molecule has 0 atom stereocenters. The highest BCUT2D eigenvalue weighted by Gasteiger charge is 2.11. The van der Waals surface area contributed by atoms with E-state index in [1.54, 1.807) is 6.20 Å². The van der Waals surface area contributed by atoms with Gasteiger partial charge in [-0.05, 0) is 49.7 Å². The third kappa shape index (κ3) is 6.03. The molecule has 2 aromatic heterocycles. The Morgan fingerprint density at radius 1 is 1.10 bits per heavy atom. The molecule has 2 heterocycles. The van der Waals surface area contributed by atoms with Crippen LogP contribution >= 0.6 is 0 Å². The Hall–Kier alpha value is -3.42. The predicted molar refractivity (Wildman–Crippen MR) is 106 cm³/mol. The van der Waals surface area contributed by atoms with Crippen molar-refractivity contribution in [3.05, 3.63) is 54.0 Å².